The van der Waals surface area contributed by atoms with Crippen LogP contribution < -0.4 is 10.7 Å². The van der Waals surface area contributed by atoms with E-state index in [-0.39, 0.29) is 5.54 Å². The molecule has 0 aliphatic rings. The monoisotopic (exact) mass is 345 g/mol. The normalized spacial score (nSPS) is 12.2. The second-order valence-electron chi connectivity index (χ2n) is 8.00. The largest absolute Gasteiger partial charge is 0.335 e. The first-order valence-corrected chi connectivity index (χ1v) is 10.8. The summed E-state index contributed by atoms with van der Waals surface area (Å²) in [5, 5.41) is 0. The molecule has 0 spiro atoms. The van der Waals surface area contributed by atoms with Gasteiger partial charge in [0.2, 0.25) is 0 Å². The van der Waals surface area contributed by atoms with Crippen molar-refractivity contribution in [3.8, 4) is 0 Å². The highest BCUT2D eigenvalue weighted by atomic mass is 15.6. The molecule has 0 radical (unpaired) electrons. The van der Waals surface area contributed by atoms with Crippen molar-refractivity contribution in [3.05, 3.63) is 0 Å². The van der Waals surface area contributed by atoms with Crippen LogP contribution in [0.1, 0.15) is 100 Å². The fourth-order valence-corrected chi connectivity index (χ4v) is 3.53. The van der Waals surface area contributed by atoms with Crippen LogP contribution in [0.3, 0.4) is 0 Å². The van der Waals surface area contributed by atoms with Gasteiger partial charge in [0.15, 0.2) is 0 Å². The van der Waals surface area contributed by atoms with E-state index in [1.54, 1.807) is 4.90 Å². The highest BCUT2D eigenvalue weighted by molar-refractivity contribution is 4.69. The van der Waals surface area contributed by atoms with Crippen molar-refractivity contribution in [3.63, 3.8) is 0 Å². The van der Waals surface area contributed by atoms with Gasteiger partial charge in [0.1, 0.15) is 5.54 Å². The van der Waals surface area contributed by atoms with E-state index in [1.807, 2.05) is 0 Å². The summed E-state index contributed by atoms with van der Waals surface area (Å²) < 4.78 is 0.750. The number of unbranched alkanes of at least 4 members (excludes halogenated alkanes) is 1. The Bertz CT molecular complexity index is 252. The highest BCUT2D eigenvalue weighted by Gasteiger charge is 2.39. The van der Waals surface area contributed by atoms with Crippen LogP contribution in [0, 0.1) is 0 Å². The van der Waals surface area contributed by atoms with Gasteiger partial charge in [-0.25, -0.2) is 4.59 Å². The van der Waals surface area contributed by atoms with Crippen molar-refractivity contribution < 1.29 is 9.49 Å². The molecule has 0 fully saturated rings. The molecule has 0 aromatic rings. The Hall–Kier alpha value is -0.120. The van der Waals surface area contributed by atoms with E-state index in [2.05, 4.69) is 55.4 Å². The van der Waals surface area contributed by atoms with Crippen LogP contribution in [0.4, 0.5) is 0 Å². The molecular weight excluding hydrogens is 294 g/mol. The first-order valence-electron chi connectivity index (χ1n) is 10.8. The average molecular weight is 346 g/mol. The number of nitrogens with one attached hydrogen (secondary N) is 1. The lowest BCUT2D eigenvalue weighted by molar-refractivity contribution is -0.984. The zero-order valence-electron chi connectivity index (χ0n) is 18.5. The van der Waals surface area contributed by atoms with Crippen molar-refractivity contribution in [1.82, 2.24) is 0 Å². The Morgan fingerprint density at radius 3 is 1.50 bits per heavy atom. The lowest BCUT2D eigenvalue weighted by Gasteiger charge is -2.46. The number of rotatable bonds is 13. The van der Waals surface area contributed by atoms with Gasteiger partial charge in [0.05, 0.1) is 32.7 Å². The van der Waals surface area contributed by atoms with E-state index >= 15 is 0 Å². The van der Waals surface area contributed by atoms with Gasteiger partial charge in [-0.15, -0.1) is 0 Å². The maximum absolute atomic E-state index is 6.58. The molecule has 3 nitrogen and oxygen atoms in total. The van der Waals surface area contributed by atoms with Crippen LogP contribution in [-0.2, 0) is 0 Å². The number of quaternary nitrogens is 2. The van der Waals surface area contributed by atoms with Gasteiger partial charge in [-0.05, 0) is 52.9 Å². The second kappa shape index (κ2) is 15.2. The van der Waals surface area contributed by atoms with E-state index in [4.69, 9.17) is 5.84 Å². The van der Waals surface area contributed by atoms with Crippen molar-refractivity contribution in [2.45, 2.75) is 106 Å². The summed E-state index contributed by atoms with van der Waals surface area (Å²) in [5.74, 6) is 6.58. The molecule has 0 rings (SSSR count). The van der Waals surface area contributed by atoms with Crippen LogP contribution in [0.5, 0.6) is 0 Å². The molecule has 0 saturated carbocycles. The van der Waals surface area contributed by atoms with Gasteiger partial charge in [-0.2, -0.15) is 5.84 Å². The van der Waals surface area contributed by atoms with Crippen molar-refractivity contribution in [2.75, 3.05) is 32.7 Å². The second-order valence-corrected chi connectivity index (χ2v) is 8.00. The molecule has 0 saturated heterocycles. The summed E-state index contributed by atoms with van der Waals surface area (Å²) in [6, 6.07) is 0. The smallest absolute Gasteiger partial charge is 0.111 e. The molecule has 0 unspecified atom stereocenters. The van der Waals surface area contributed by atoms with Crippen LogP contribution >= 0.6 is 0 Å². The Balaban J connectivity index is 0. The minimum absolute atomic E-state index is 0.224. The third-order valence-corrected chi connectivity index (χ3v) is 5.30. The van der Waals surface area contributed by atoms with Crippen molar-refractivity contribution in [1.29, 1.82) is 0 Å². The number of hydrogen-bond acceptors (Lipinski definition) is 1. The van der Waals surface area contributed by atoms with E-state index in [0.717, 1.165) is 17.7 Å². The molecule has 0 heterocycles. The summed E-state index contributed by atoms with van der Waals surface area (Å²) in [6.07, 6.45) is 8.78. The molecule has 3 heteroatoms. The predicted molar refractivity (Wildman–Crippen MR) is 110 cm³/mol. The average Bonchev–Trinajstić information content (AvgIpc) is 2.53. The molecule has 0 atom stereocenters. The van der Waals surface area contributed by atoms with Crippen molar-refractivity contribution >= 4 is 0 Å². The Morgan fingerprint density at radius 1 is 0.750 bits per heavy atom. The zero-order valence-corrected chi connectivity index (χ0v) is 18.5. The third-order valence-electron chi connectivity index (χ3n) is 5.30. The topological polar surface area (TPSA) is 30.5 Å². The molecule has 0 aliphatic carbocycles. The first-order chi connectivity index (χ1) is 11.3. The van der Waals surface area contributed by atoms with Crippen LogP contribution in [-0.4, -0.2) is 42.9 Å². The molecule has 0 aliphatic heterocycles. The maximum atomic E-state index is 6.58. The maximum Gasteiger partial charge on any atom is 0.111 e. The summed E-state index contributed by atoms with van der Waals surface area (Å²) in [6.45, 7) is 24.3. The fraction of sp³-hybridized carbons (Fsp3) is 1.00. The summed E-state index contributed by atoms with van der Waals surface area (Å²) in [4.78, 5) is 1.75. The lowest BCUT2D eigenvalue weighted by atomic mass is 9.93. The third kappa shape index (κ3) is 10.7. The summed E-state index contributed by atoms with van der Waals surface area (Å²) in [5.41, 5.74) is 0.224. The van der Waals surface area contributed by atoms with Gasteiger partial charge >= 0.3 is 0 Å². The Kier molecular flexibility index (Phi) is 16.5. The minimum Gasteiger partial charge on any atom is -0.335 e. The van der Waals surface area contributed by atoms with Gasteiger partial charge in [-0.3, -0.25) is 0 Å². The lowest BCUT2D eigenvalue weighted by Crippen LogP contribution is -3.11. The van der Waals surface area contributed by atoms with E-state index in [1.165, 1.54) is 64.6 Å². The highest BCUT2D eigenvalue weighted by Crippen LogP contribution is 2.27. The van der Waals surface area contributed by atoms with Gasteiger partial charge in [0.25, 0.3) is 0 Å². The summed E-state index contributed by atoms with van der Waals surface area (Å²) >= 11 is 0. The number of nitrogens with two attached hydrogens (primary N) is 1. The van der Waals surface area contributed by atoms with Crippen LogP contribution in [0.2, 0.25) is 0 Å². The SMILES string of the molecule is CCCCC(C)(C)[N+](N)(CCC)CCC.CCC[NH+](CC)CCC. The molecule has 0 aromatic carbocycles. The molecule has 0 bridgehead atoms. The molecular formula is C21H51N3+2. The van der Waals surface area contributed by atoms with Crippen LogP contribution in [0.25, 0.3) is 0 Å². The minimum atomic E-state index is 0.224. The van der Waals surface area contributed by atoms with E-state index in [9.17, 15) is 0 Å². The summed E-state index contributed by atoms with van der Waals surface area (Å²) in [7, 11) is 0. The van der Waals surface area contributed by atoms with E-state index < -0.39 is 0 Å². The van der Waals surface area contributed by atoms with Gasteiger partial charge in [0, 0.05) is 6.42 Å². The number of hydrogen-bond donors (Lipinski definition) is 2. The van der Waals surface area contributed by atoms with E-state index in [0.29, 0.717) is 0 Å². The molecule has 24 heavy (non-hydrogen) atoms. The standard InChI is InChI=1S/C13H31N2.C8H19N/c1-6-9-10-13(4,5)15(14,11-7-2)12-8-3;1-4-7-9(6-3)8-5-2/h6-12,14H2,1-5H3;4-8H2,1-3H3/q+1;/p+1. The molecule has 3 N–H and O–H groups in total. The Labute approximate surface area is 154 Å². The van der Waals surface area contributed by atoms with Crippen LogP contribution in [0.15, 0.2) is 0 Å². The zero-order chi connectivity index (χ0) is 19.1. The van der Waals surface area contributed by atoms with Crippen molar-refractivity contribution in [2.24, 2.45) is 5.84 Å². The Morgan fingerprint density at radius 2 is 1.21 bits per heavy atom. The molecule has 148 valence electrons. The number of nitrogens with zero attached hydrogens (tertiary/aromatic N) is 1. The molecule has 0 amide bonds. The quantitative estimate of drug-likeness (QED) is 0.293. The fourth-order valence-electron chi connectivity index (χ4n) is 3.53. The molecule has 0 aromatic heterocycles. The first kappa shape index (κ1) is 26.1. The predicted octanol–water partition coefficient (Wildman–Crippen LogP) is 4.18. The van der Waals surface area contributed by atoms with Gasteiger partial charge in [-0.1, -0.05) is 41.0 Å². The van der Waals surface area contributed by atoms with Gasteiger partial charge < -0.3 is 4.90 Å².